The molecule has 0 saturated carbocycles. The molecule has 226 valence electrons. The average Bonchev–Trinajstić information content (AvgIpc) is 3.18. The molecule has 0 aromatic heterocycles. The van der Waals surface area contributed by atoms with Crippen LogP contribution in [0.3, 0.4) is 0 Å². The minimum atomic E-state index is -1.96. The fourth-order valence-electron chi connectivity index (χ4n) is 5.42. The molecule has 11 heteroatoms. The predicted molar refractivity (Wildman–Crippen MR) is 161 cm³/mol. The third-order valence-corrected chi connectivity index (χ3v) is 7.25. The van der Waals surface area contributed by atoms with Gasteiger partial charge in [-0.15, -0.1) is 0 Å². The molecular weight excluding hydrogens is 552 g/mol. The number of aryl methyl sites for hydroxylation is 1. The van der Waals surface area contributed by atoms with Crippen molar-refractivity contribution in [3.63, 3.8) is 0 Å². The summed E-state index contributed by atoms with van der Waals surface area (Å²) in [6.07, 6.45) is -0.998. The molecule has 0 bridgehead atoms. The number of nitrogens with one attached hydrogen (secondary N) is 2. The molecule has 0 aliphatic carbocycles. The lowest BCUT2D eigenvalue weighted by Crippen LogP contribution is -2.60. The van der Waals surface area contributed by atoms with Gasteiger partial charge in [0.15, 0.2) is 11.8 Å². The van der Waals surface area contributed by atoms with Crippen molar-refractivity contribution in [2.45, 2.75) is 44.9 Å². The zero-order valence-corrected chi connectivity index (χ0v) is 24.3. The number of para-hydroxylation sites is 1. The third kappa shape index (κ3) is 6.68. The molecule has 1 unspecified atom stereocenters. The average molecular weight is 589 g/mol. The maximum Gasteiger partial charge on any atom is 0.320 e. The smallest absolute Gasteiger partial charge is 0.320 e. The number of fused-ring (bicyclic) bond motifs is 1. The number of nitrogens with two attached hydrogens (primary N) is 1. The quantitative estimate of drug-likeness (QED) is 0.222. The maximum absolute atomic E-state index is 14.7. The number of anilines is 2. The molecule has 3 aromatic rings. The number of amides is 4. The Kier molecular flexibility index (Phi) is 9.79. The zero-order chi connectivity index (χ0) is 31.1. The molecule has 4 rings (SSSR count). The first-order chi connectivity index (χ1) is 20.6. The number of benzene rings is 3. The molecule has 1 aliphatic heterocycles. The first-order valence-electron chi connectivity index (χ1n) is 14.0. The van der Waals surface area contributed by atoms with Crippen LogP contribution < -0.4 is 21.3 Å². The summed E-state index contributed by atoms with van der Waals surface area (Å²) in [6, 6.07) is 19.4. The van der Waals surface area contributed by atoms with Gasteiger partial charge in [-0.3, -0.25) is 14.4 Å². The molecule has 1 heterocycles. The van der Waals surface area contributed by atoms with Gasteiger partial charge in [0.25, 0.3) is 5.91 Å². The van der Waals surface area contributed by atoms with E-state index in [0.29, 0.717) is 41.3 Å². The fourth-order valence-corrected chi connectivity index (χ4v) is 5.42. The summed E-state index contributed by atoms with van der Waals surface area (Å²) in [5.41, 5.74) is 7.20. The third-order valence-electron chi connectivity index (χ3n) is 7.25. The van der Waals surface area contributed by atoms with Crippen molar-refractivity contribution < 1.29 is 33.8 Å². The van der Waals surface area contributed by atoms with Gasteiger partial charge in [-0.25, -0.2) is 4.79 Å². The Balaban J connectivity index is 1.85. The SMILES string of the molecule is CCOC(CN1C(=O)[C@](NC(=O)Nc2ccc(C)cc2)(C(C(N)=O)c2ccc(CC(=O)O)cc2)c2ccccc21)OCC. The van der Waals surface area contributed by atoms with E-state index < -0.39 is 41.6 Å². The molecule has 43 heavy (non-hydrogen) atoms. The largest absolute Gasteiger partial charge is 0.481 e. The number of hydrogen-bond acceptors (Lipinski definition) is 6. The molecule has 0 saturated heterocycles. The van der Waals surface area contributed by atoms with Crippen LogP contribution >= 0.6 is 0 Å². The zero-order valence-electron chi connectivity index (χ0n) is 24.3. The van der Waals surface area contributed by atoms with Gasteiger partial charge in [-0.1, -0.05) is 60.2 Å². The number of carbonyl (C=O) groups excluding carboxylic acids is 3. The molecule has 2 atom stereocenters. The van der Waals surface area contributed by atoms with Crippen LogP contribution in [-0.2, 0) is 35.8 Å². The van der Waals surface area contributed by atoms with Crippen LogP contribution in [0.1, 0.15) is 42.0 Å². The molecular formula is C32H36N4O7. The van der Waals surface area contributed by atoms with Crippen molar-refractivity contribution in [3.05, 3.63) is 95.1 Å². The Morgan fingerprint density at radius 2 is 1.58 bits per heavy atom. The highest BCUT2D eigenvalue weighted by atomic mass is 16.7. The Hall–Kier alpha value is -4.74. The highest BCUT2D eigenvalue weighted by Gasteiger charge is 2.59. The van der Waals surface area contributed by atoms with Crippen LogP contribution in [0.4, 0.5) is 16.2 Å². The number of rotatable bonds is 13. The summed E-state index contributed by atoms with van der Waals surface area (Å²) in [5.74, 6) is -3.85. The van der Waals surface area contributed by atoms with E-state index in [-0.39, 0.29) is 13.0 Å². The second-order valence-corrected chi connectivity index (χ2v) is 10.2. The van der Waals surface area contributed by atoms with Gasteiger partial charge in [0, 0.05) is 24.5 Å². The summed E-state index contributed by atoms with van der Waals surface area (Å²) in [6.45, 7) is 6.20. The predicted octanol–water partition coefficient (Wildman–Crippen LogP) is 3.65. The van der Waals surface area contributed by atoms with E-state index in [4.69, 9.17) is 15.2 Å². The Morgan fingerprint density at radius 1 is 0.953 bits per heavy atom. The number of primary amides is 1. The van der Waals surface area contributed by atoms with E-state index in [2.05, 4.69) is 10.6 Å². The molecule has 0 radical (unpaired) electrons. The van der Waals surface area contributed by atoms with Crippen LogP contribution in [0.5, 0.6) is 0 Å². The number of urea groups is 1. The molecule has 1 aliphatic rings. The van der Waals surface area contributed by atoms with Crippen molar-refractivity contribution in [2.75, 3.05) is 30.0 Å². The molecule has 5 N–H and O–H groups in total. The van der Waals surface area contributed by atoms with Gasteiger partial charge in [-0.2, -0.15) is 0 Å². The normalized spacial score (nSPS) is 16.6. The van der Waals surface area contributed by atoms with Crippen molar-refractivity contribution in [3.8, 4) is 0 Å². The molecule has 3 aromatic carbocycles. The summed E-state index contributed by atoms with van der Waals surface area (Å²) >= 11 is 0. The van der Waals surface area contributed by atoms with Gasteiger partial charge in [0.1, 0.15) is 0 Å². The Bertz CT molecular complexity index is 1470. The molecule has 0 spiro atoms. The summed E-state index contributed by atoms with van der Waals surface area (Å²) < 4.78 is 11.5. The second kappa shape index (κ2) is 13.5. The van der Waals surface area contributed by atoms with E-state index in [0.717, 1.165) is 5.56 Å². The van der Waals surface area contributed by atoms with Crippen LogP contribution in [-0.4, -0.2) is 55.0 Å². The lowest BCUT2D eigenvalue weighted by Gasteiger charge is -2.36. The number of carboxylic acid groups (broad SMARTS) is 1. The van der Waals surface area contributed by atoms with Gasteiger partial charge in [0.05, 0.1) is 24.6 Å². The number of hydrogen-bond donors (Lipinski definition) is 4. The van der Waals surface area contributed by atoms with Gasteiger partial charge in [-0.05, 0) is 50.1 Å². The lowest BCUT2D eigenvalue weighted by molar-refractivity contribution is -0.139. The first kappa shape index (κ1) is 31.2. The number of aliphatic carboxylic acids is 1. The monoisotopic (exact) mass is 588 g/mol. The standard InChI is InChI=1S/C32H36N4O7/c1-4-42-27(43-5-2)19-36-25-9-7-6-8-24(25)32(30(36)40,35-31(41)34-23-16-10-20(3)11-17-23)28(29(33)39)22-14-12-21(13-15-22)18-26(37)38/h6-17,27-28H,4-5,18-19H2,1-3H3,(H2,33,39)(H,37,38)(H2,34,35,41)/t28?,32-/m1/s1. The maximum atomic E-state index is 14.7. The van der Waals surface area contributed by atoms with E-state index >= 15 is 0 Å². The van der Waals surface area contributed by atoms with Crippen molar-refractivity contribution >= 4 is 35.2 Å². The summed E-state index contributed by atoms with van der Waals surface area (Å²) in [4.78, 5) is 54.3. The van der Waals surface area contributed by atoms with Gasteiger partial charge in [0.2, 0.25) is 5.91 Å². The van der Waals surface area contributed by atoms with Crippen LogP contribution in [0.25, 0.3) is 0 Å². The first-order valence-corrected chi connectivity index (χ1v) is 14.0. The number of ether oxygens (including phenoxy) is 2. The molecule has 4 amide bonds. The van der Waals surface area contributed by atoms with Crippen LogP contribution in [0.15, 0.2) is 72.8 Å². The molecule has 11 nitrogen and oxygen atoms in total. The van der Waals surface area contributed by atoms with E-state index in [1.807, 2.05) is 32.9 Å². The summed E-state index contributed by atoms with van der Waals surface area (Å²) in [5, 5.41) is 14.8. The van der Waals surface area contributed by atoms with E-state index in [1.165, 1.54) is 4.90 Å². The van der Waals surface area contributed by atoms with E-state index in [9.17, 15) is 24.3 Å². The number of nitrogens with zero attached hydrogens (tertiary/aromatic N) is 1. The van der Waals surface area contributed by atoms with Crippen LogP contribution in [0.2, 0.25) is 0 Å². The highest BCUT2D eigenvalue weighted by molar-refractivity contribution is 6.13. The second-order valence-electron chi connectivity index (χ2n) is 10.2. The fraction of sp³-hybridized carbons (Fsp3) is 0.312. The topological polar surface area (TPSA) is 160 Å². The van der Waals surface area contributed by atoms with E-state index in [1.54, 1.807) is 60.7 Å². The van der Waals surface area contributed by atoms with Crippen molar-refractivity contribution in [1.82, 2.24) is 5.32 Å². The van der Waals surface area contributed by atoms with Crippen LogP contribution in [0, 0.1) is 6.92 Å². The van der Waals surface area contributed by atoms with Gasteiger partial charge < -0.3 is 35.8 Å². The Morgan fingerprint density at radius 3 is 2.16 bits per heavy atom. The lowest BCUT2D eigenvalue weighted by atomic mass is 9.74. The number of carbonyl (C=O) groups is 4. The minimum Gasteiger partial charge on any atom is -0.481 e. The number of carboxylic acids is 1. The highest BCUT2D eigenvalue weighted by Crippen LogP contribution is 2.48. The van der Waals surface area contributed by atoms with Gasteiger partial charge >= 0.3 is 12.0 Å². The summed E-state index contributed by atoms with van der Waals surface area (Å²) in [7, 11) is 0. The minimum absolute atomic E-state index is 0.0103. The Labute approximate surface area is 250 Å². The van der Waals surface area contributed by atoms with Crippen molar-refractivity contribution in [2.24, 2.45) is 5.73 Å². The van der Waals surface area contributed by atoms with Crippen molar-refractivity contribution in [1.29, 1.82) is 0 Å². The molecule has 0 fully saturated rings.